The van der Waals surface area contributed by atoms with Gasteiger partial charge in [-0.05, 0) is 51.7 Å². The van der Waals surface area contributed by atoms with E-state index in [1.54, 1.807) is 31.4 Å². The highest BCUT2D eigenvalue weighted by atomic mass is 79.9. The van der Waals surface area contributed by atoms with Gasteiger partial charge in [0.1, 0.15) is 11.5 Å². The Hall–Kier alpha value is -1.66. The lowest BCUT2D eigenvalue weighted by Gasteiger charge is -2.18. The van der Waals surface area contributed by atoms with E-state index in [9.17, 15) is 4.39 Å². The molecule has 4 nitrogen and oxygen atoms in total. The molecule has 1 heterocycles. The number of benzene rings is 1. The van der Waals surface area contributed by atoms with Crippen molar-refractivity contribution in [2.45, 2.75) is 27.4 Å². The van der Waals surface area contributed by atoms with Crippen molar-refractivity contribution in [3.8, 4) is 17.4 Å². The fourth-order valence-electron chi connectivity index (χ4n) is 1.87. The number of ether oxygens (including phenoxy) is 3. The summed E-state index contributed by atoms with van der Waals surface area (Å²) in [7, 11) is 1.57. The second-order valence-electron chi connectivity index (χ2n) is 6.54. The van der Waals surface area contributed by atoms with Crippen molar-refractivity contribution >= 4 is 15.9 Å². The predicted molar refractivity (Wildman–Crippen MR) is 94.1 cm³/mol. The topological polar surface area (TPSA) is 40.6 Å². The molecule has 2 rings (SSSR count). The van der Waals surface area contributed by atoms with E-state index in [-0.39, 0.29) is 11.3 Å². The molecule has 0 bridgehead atoms. The van der Waals surface area contributed by atoms with Crippen molar-refractivity contribution in [3.05, 3.63) is 46.3 Å². The molecule has 6 heteroatoms. The third kappa shape index (κ3) is 5.46. The molecular weight excluding hydrogens is 377 g/mol. The molecule has 0 aliphatic rings. The molecule has 0 spiro atoms. The number of aromatic nitrogens is 1. The summed E-state index contributed by atoms with van der Waals surface area (Å²) in [5, 5.41) is 0. The van der Waals surface area contributed by atoms with Gasteiger partial charge in [0.05, 0.1) is 30.5 Å². The van der Waals surface area contributed by atoms with Crippen LogP contribution in [0.25, 0.3) is 0 Å². The number of pyridine rings is 1. The van der Waals surface area contributed by atoms with Crippen LogP contribution in [0.2, 0.25) is 0 Å². The van der Waals surface area contributed by atoms with Gasteiger partial charge in [0, 0.05) is 0 Å². The number of hydrogen-bond donors (Lipinski definition) is 0. The van der Waals surface area contributed by atoms with Crippen molar-refractivity contribution in [1.82, 2.24) is 4.98 Å². The maximum Gasteiger partial charge on any atom is 0.256 e. The number of nitrogens with zero attached hydrogens (tertiary/aromatic N) is 1. The highest BCUT2D eigenvalue weighted by molar-refractivity contribution is 9.10. The molecule has 0 amide bonds. The van der Waals surface area contributed by atoms with Crippen LogP contribution in [0.1, 0.15) is 26.5 Å². The number of halogens is 2. The first kappa shape index (κ1) is 18.7. The Kier molecular flexibility index (Phi) is 6.18. The molecule has 2 aromatic rings. The van der Waals surface area contributed by atoms with Crippen LogP contribution >= 0.6 is 15.9 Å². The summed E-state index contributed by atoms with van der Waals surface area (Å²) in [5.74, 6) is 0.511. The van der Waals surface area contributed by atoms with E-state index in [1.807, 2.05) is 0 Å². The lowest BCUT2D eigenvalue weighted by atomic mass is 9.99. The van der Waals surface area contributed by atoms with Gasteiger partial charge in [-0.2, -0.15) is 0 Å². The van der Waals surface area contributed by atoms with E-state index in [0.717, 1.165) is 0 Å². The molecule has 0 atom stereocenters. The number of hydrogen-bond acceptors (Lipinski definition) is 4. The summed E-state index contributed by atoms with van der Waals surface area (Å²) in [5.41, 5.74) is 0.674. The summed E-state index contributed by atoms with van der Waals surface area (Å²) in [6.45, 7) is 7.15. The SMILES string of the molecule is COc1ccc(Oc2nc(COCC(C)(C)C)ccc2F)c(Br)c1. The standard InChI is InChI=1S/C18H21BrFNO3/c1-18(2,3)11-23-10-12-5-7-15(20)17(21-12)24-16-8-6-13(22-4)9-14(16)19/h5-9H,10-11H2,1-4H3. The van der Waals surface area contributed by atoms with E-state index in [2.05, 4.69) is 41.7 Å². The zero-order valence-corrected chi connectivity index (χ0v) is 15.8. The first-order valence-electron chi connectivity index (χ1n) is 7.53. The molecule has 0 aliphatic heterocycles. The van der Waals surface area contributed by atoms with Crippen LogP contribution in [-0.2, 0) is 11.3 Å². The zero-order valence-electron chi connectivity index (χ0n) is 14.2. The van der Waals surface area contributed by atoms with Crippen molar-refractivity contribution < 1.29 is 18.6 Å². The van der Waals surface area contributed by atoms with E-state index in [0.29, 0.717) is 34.9 Å². The largest absolute Gasteiger partial charge is 0.497 e. The van der Waals surface area contributed by atoms with Crippen molar-refractivity contribution in [1.29, 1.82) is 0 Å². The van der Waals surface area contributed by atoms with Crippen LogP contribution in [0, 0.1) is 11.2 Å². The van der Waals surface area contributed by atoms with E-state index in [4.69, 9.17) is 14.2 Å². The van der Waals surface area contributed by atoms with E-state index >= 15 is 0 Å². The lowest BCUT2D eigenvalue weighted by Crippen LogP contribution is -2.14. The second-order valence-corrected chi connectivity index (χ2v) is 7.40. The Morgan fingerprint density at radius 2 is 1.92 bits per heavy atom. The van der Waals surface area contributed by atoms with E-state index < -0.39 is 5.82 Å². The molecule has 0 unspecified atom stereocenters. The number of methoxy groups -OCH3 is 1. The fraction of sp³-hybridized carbons (Fsp3) is 0.389. The predicted octanol–water partition coefficient (Wildman–Crippen LogP) is 5.35. The third-order valence-corrected chi connectivity index (χ3v) is 3.62. The molecule has 130 valence electrons. The van der Waals surface area contributed by atoms with Crippen LogP contribution in [-0.4, -0.2) is 18.7 Å². The average molecular weight is 398 g/mol. The normalized spacial score (nSPS) is 11.4. The minimum absolute atomic E-state index is 0.0628. The summed E-state index contributed by atoms with van der Waals surface area (Å²) < 4.78 is 30.9. The summed E-state index contributed by atoms with van der Waals surface area (Å²) in [6.07, 6.45) is 0. The number of rotatable bonds is 6. The minimum Gasteiger partial charge on any atom is -0.497 e. The van der Waals surface area contributed by atoms with Gasteiger partial charge in [-0.1, -0.05) is 20.8 Å². The maximum atomic E-state index is 14.0. The molecule has 0 saturated heterocycles. The maximum absolute atomic E-state index is 14.0. The van der Waals surface area contributed by atoms with Crippen LogP contribution in [0.4, 0.5) is 4.39 Å². The Labute approximate surface area is 150 Å². The first-order valence-corrected chi connectivity index (χ1v) is 8.32. The average Bonchev–Trinajstić information content (AvgIpc) is 2.51. The zero-order chi connectivity index (χ0) is 17.7. The summed E-state index contributed by atoms with van der Waals surface area (Å²) in [6, 6.07) is 8.08. The van der Waals surface area contributed by atoms with Gasteiger partial charge in [-0.25, -0.2) is 9.37 Å². The Morgan fingerprint density at radius 3 is 2.54 bits per heavy atom. The van der Waals surface area contributed by atoms with Crippen molar-refractivity contribution in [2.75, 3.05) is 13.7 Å². The summed E-state index contributed by atoms with van der Waals surface area (Å²) >= 11 is 3.37. The molecule has 0 saturated carbocycles. The molecule has 0 aliphatic carbocycles. The van der Waals surface area contributed by atoms with Crippen LogP contribution < -0.4 is 9.47 Å². The van der Waals surface area contributed by atoms with Crippen molar-refractivity contribution in [3.63, 3.8) is 0 Å². The summed E-state index contributed by atoms with van der Waals surface area (Å²) in [4.78, 5) is 4.20. The molecule has 0 radical (unpaired) electrons. The molecule has 0 fully saturated rings. The van der Waals surface area contributed by atoms with Gasteiger partial charge >= 0.3 is 0 Å². The fourth-order valence-corrected chi connectivity index (χ4v) is 2.31. The van der Waals surface area contributed by atoms with Crippen molar-refractivity contribution in [2.24, 2.45) is 5.41 Å². The van der Waals surface area contributed by atoms with Gasteiger partial charge in [-0.3, -0.25) is 0 Å². The molecule has 0 N–H and O–H groups in total. The highest BCUT2D eigenvalue weighted by Crippen LogP contribution is 2.33. The molecular formula is C18H21BrFNO3. The highest BCUT2D eigenvalue weighted by Gasteiger charge is 2.13. The first-order chi connectivity index (χ1) is 11.3. The molecule has 1 aromatic carbocycles. The monoisotopic (exact) mass is 397 g/mol. The van der Waals surface area contributed by atoms with E-state index in [1.165, 1.54) is 6.07 Å². The third-order valence-electron chi connectivity index (χ3n) is 3.00. The van der Waals surface area contributed by atoms with Gasteiger partial charge in [0.15, 0.2) is 5.82 Å². The van der Waals surface area contributed by atoms with Crippen LogP contribution in [0.15, 0.2) is 34.8 Å². The van der Waals surface area contributed by atoms with Crippen LogP contribution in [0.5, 0.6) is 17.4 Å². The second kappa shape index (κ2) is 7.94. The smallest absolute Gasteiger partial charge is 0.256 e. The Bertz CT molecular complexity index is 701. The Morgan fingerprint density at radius 1 is 1.17 bits per heavy atom. The van der Waals surface area contributed by atoms with Gasteiger partial charge in [0.2, 0.25) is 0 Å². The van der Waals surface area contributed by atoms with Crippen LogP contribution in [0.3, 0.4) is 0 Å². The minimum atomic E-state index is -0.530. The van der Waals surface area contributed by atoms with Gasteiger partial charge in [0.25, 0.3) is 5.88 Å². The van der Waals surface area contributed by atoms with Gasteiger partial charge < -0.3 is 14.2 Å². The quantitative estimate of drug-likeness (QED) is 0.658. The lowest BCUT2D eigenvalue weighted by molar-refractivity contribution is 0.0578. The molecule has 1 aromatic heterocycles. The molecule has 24 heavy (non-hydrogen) atoms. The van der Waals surface area contributed by atoms with Gasteiger partial charge in [-0.15, -0.1) is 0 Å². The Balaban J connectivity index is 2.11.